The number of rotatable bonds is 3. The van der Waals surface area contributed by atoms with Crippen molar-refractivity contribution in [3.8, 4) is 0 Å². The first-order chi connectivity index (χ1) is 7.15. The molecule has 0 aromatic carbocycles. The number of amides is 1. The predicted molar refractivity (Wildman–Crippen MR) is 53.6 cm³/mol. The average Bonchev–Trinajstić information content (AvgIpc) is 2.98. The molecule has 1 fully saturated rings. The second-order valence-corrected chi connectivity index (χ2v) is 3.83. The number of pyridine rings is 1. The number of aliphatic hydroxyl groups excluding tert-OH is 1. The van der Waals surface area contributed by atoms with Crippen molar-refractivity contribution in [2.75, 3.05) is 6.61 Å². The molecule has 0 spiro atoms. The van der Waals surface area contributed by atoms with Gasteiger partial charge >= 0.3 is 0 Å². The highest BCUT2D eigenvalue weighted by Gasteiger charge is 2.43. The Morgan fingerprint density at radius 3 is 2.87 bits per heavy atom. The molecule has 0 radical (unpaired) electrons. The molecule has 0 saturated heterocycles. The summed E-state index contributed by atoms with van der Waals surface area (Å²) in [7, 11) is 0. The Hall–Kier alpha value is -1.62. The van der Waals surface area contributed by atoms with Gasteiger partial charge in [-0.15, -0.1) is 0 Å². The van der Waals surface area contributed by atoms with Gasteiger partial charge in [0.25, 0.3) is 5.91 Å². The first-order valence-electron chi connectivity index (χ1n) is 4.77. The van der Waals surface area contributed by atoms with E-state index < -0.39 is 5.54 Å². The van der Waals surface area contributed by atoms with Crippen molar-refractivity contribution < 1.29 is 9.90 Å². The van der Waals surface area contributed by atoms with Crippen LogP contribution in [0.2, 0.25) is 0 Å². The van der Waals surface area contributed by atoms with Crippen LogP contribution in [0.3, 0.4) is 0 Å². The van der Waals surface area contributed by atoms with E-state index in [1.165, 1.54) is 18.3 Å². The fraction of sp³-hybridized carbons (Fsp3) is 0.400. The number of carbonyl (C=O) groups excluding carboxylic acids is 1. The average molecular weight is 208 g/mol. The van der Waals surface area contributed by atoms with Gasteiger partial charge in [0.2, 0.25) is 5.56 Å². The van der Waals surface area contributed by atoms with Crippen molar-refractivity contribution in [2.24, 2.45) is 0 Å². The summed E-state index contributed by atoms with van der Waals surface area (Å²) in [4.78, 5) is 25.0. The highest BCUT2D eigenvalue weighted by molar-refractivity contribution is 5.94. The lowest BCUT2D eigenvalue weighted by molar-refractivity contribution is 0.0906. The van der Waals surface area contributed by atoms with Gasteiger partial charge in [0.15, 0.2) is 0 Å². The molecule has 5 heteroatoms. The summed E-state index contributed by atoms with van der Waals surface area (Å²) in [6.45, 7) is -0.0536. The van der Waals surface area contributed by atoms with Crippen molar-refractivity contribution in [2.45, 2.75) is 18.4 Å². The van der Waals surface area contributed by atoms with E-state index in [-0.39, 0.29) is 18.1 Å². The molecule has 1 saturated carbocycles. The minimum absolute atomic E-state index is 0.0536. The van der Waals surface area contributed by atoms with Crippen LogP contribution in [-0.4, -0.2) is 28.1 Å². The number of aromatic nitrogens is 1. The number of hydrogen-bond donors (Lipinski definition) is 3. The third-order valence-corrected chi connectivity index (χ3v) is 2.57. The van der Waals surface area contributed by atoms with Crippen LogP contribution >= 0.6 is 0 Å². The molecule has 1 aromatic rings. The Labute approximate surface area is 86.1 Å². The first kappa shape index (κ1) is 9.92. The largest absolute Gasteiger partial charge is 0.394 e. The van der Waals surface area contributed by atoms with Crippen LogP contribution in [0.1, 0.15) is 23.2 Å². The summed E-state index contributed by atoms with van der Waals surface area (Å²) in [5, 5.41) is 11.7. The molecule has 1 amide bonds. The van der Waals surface area contributed by atoms with Gasteiger partial charge in [-0.1, -0.05) is 0 Å². The van der Waals surface area contributed by atoms with E-state index in [0.717, 1.165) is 12.8 Å². The zero-order valence-electron chi connectivity index (χ0n) is 8.12. The molecule has 0 bridgehead atoms. The van der Waals surface area contributed by atoms with Gasteiger partial charge in [-0.05, 0) is 18.9 Å². The number of H-pyrrole nitrogens is 1. The molecular weight excluding hydrogens is 196 g/mol. The number of hydrogen-bond acceptors (Lipinski definition) is 3. The second kappa shape index (κ2) is 3.51. The lowest BCUT2D eigenvalue weighted by Gasteiger charge is -2.13. The van der Waals surface area contributed by atoms with Crippen molar-refractivity contribution in [3.63, 3.8) is 0 Å². The van der Waals surface area contributed by atoms with E-state index in [1.54, 1.807) is 0 Å². The van der Waals surface area contributed by atoms with Crippen LogP contribution in [0.4, 0.5) is 0 Å². The molecule has 1 aliphatic carbocycles. The molecule has 5 nitrogen and oxygen atoms in total. The van der Waals surface area contributed by atoms with E-state index >= 15 is 0 Å². The van der Waals surface area contributed by atoms with Crippen LogP contribution in [0.5, 0.6) is 0 Å². The van der Waals surface area contributed by atoms with Crippen LogP contribution in [0.15, 0.2) is 23.1 Å². The minimum Gasteiger partial charge on any atom is -0.394 e. The number of aromatic amines is 1. The van der Waals surface area contributed by atoms with Crippen LogP contribution in [0, 0.1) is 0 Å². The second-order valence-electron chi connectivity index (χ2n) is 3.83. The Morgan fingerprint density at radius 1 is 1.60 bits per heavy atom. The first-order valence-corrected chi connectivity index (χ1v) is 4.77. The molecule has 0 unspecified atom stereocenters. The molecule has 1 aliphatic rings. The smallest absolute Gasteiger partial charge is 0.252 e. The van der Waals surface area contributed by atoms with Crippen LogP contribution in [-0.2, 0) is 0 Å². The maximum Gasteiger partial charge on any atom is 0.252 e. The van der Waals surface area contributed by atoms with Crippen molar-refractivity contribution in [1.29, 1.82) is 0 Å². The summed E-state index contributed by atoms with van der Waals surface area (Å²) < 4.78 is 0. The summed E-state index contributed by atoms with van der Waals surface area (Å²) >= 11 is 0. The van der Waals surface area contributed by atoms with Gasteiger partial charge in [0, 0.05) is 17.8 Å². The topological polar surface area (TPSA) is 82.2 Å². The molecule has 2 rings (SSSR count). The van der Waals surface area contributed by atoms with Crippen LogP contribution in [0.25, 0.3) is 0 Å². The van der Waals surface area contributed by atoms with Crippen LogP contribution < -0.4 is 10.9 Å². The molecule has 0 aliphatic heterocycles. The molecule has 80 valence electrons. The van der Waals surface area contributed by atoms with Gasteiger partial charge < -0.3 is 15.4 Å². The quantitative estimate of drug-likeness (QED) is 0.633. The van der Waals surface area contributed by atoms with Crippen molar-refractivity contribution >= 4 is 5.91 Å². The minimum atomic E-state index is -0.445. The van der Waals surface area contributed by atoms with E-state index in [2.05, 4.69) is 10.3 Å². The van der Waals surface area contributed by atoms with E-state index in [4.69, 9.17) is 5.11 Å². The maximum absolute atomic E-state index is 11.6. The molecule has 1 heterocycles. The van der Waals surface area contributed by atoms with E-state index in [1.807, 2.05) is 0 Å². The molecule has 0 atom stereocenters. The van der Waals surface area contributed by atoms with E-state index in [9.17, 15) is 9.59 Å². The SMILES string of the molecule is O=C(NC1(CO)CC1)c1cc[nH]c(=O)c1. The van der Waals surface area contributed by atoms with Gasteiger partial charge in [-0.3, -0.25) is 9.59 Å². The standard InChI is InChI=1S/C10H12N2O3/c13-6-10(2-3-10)12-9(15)7-1-4-11-8(14)5-7/h1,4-5,13H,2-3,6H2,(H,11,14)(H,12,15). The fourth-order valence-corrected chi connectivity index (χ4v) is 1.37. The number of nitrogens with one attached hydrogen (secondary N) is 2. The van der Waals surface area contributed by atoms with Gasteiger partial charge in [-0.2, -0.15) is 0 Å². The molecular formula is C10H12N2O3. The summed E-state index contributed by atoms with van der Waals surface area (Å²) in [5.41, 5.74) is -0.436. The summed E-state index contributed by atoms with van der Waals surface area (Å²) in [5.74, 6) is -0.312. The lowest BCUT2D eigenvalue weighted by atomic mass is 10.2. The third-order valence-electron chi connectivity index (χ3n) is 2.57. The third kappa shape index (κ3) is 2.07. The highest BCUT2D eigenvalue weighted by Crippen LogP contribution is 2.34. The predicted octanol–water partition coefficient (Wildman–Crippen LogP) is -0.370. The number of carbonyl (C=O) groups is 1. The summed E-state index contributed by atoms with van der Waals surface area (Å²) in [6, 6.07) is 2.77. The molecule has 3 N–H and O–H groups in total. The van der Waals surface area contributed by atoms with E-state index in [0.29, 0.717) is 5.56 Å². The Morgan fingerprint density at radius 2 is 2.33 bits per heavy atom. The maximum atomic E-state index is 11.6. The zero-order chi connectivity index (χ0) is 10.9. The monoisotopic (exact) mass is 208 g/mol. The van der Waals surface area contributed by atoms with Gasteiger partial charge in [0.05, 0.1) is 12.1 Å². The summed E-state index contributed by atoms with van der Waals surface area (Å²) in [6.07, 6.45) is 3.01. The fourth-order valence-electron chi connectivity index (χ4n) is 1.37. The van der Waals surface area contributed by atoms with Gasteiger partial charge in [-0.25, -0.2) is 0 Å². The Balaban J connectivity index is 2.12. The lowest BCUT2D eigenvalue weighted by Crippen LogP contribution is -2.39. The highest BCUT2D eigenvalue weighted by atomic mass is 16.3. The Bertz CT molecular complexity index is 434. The molecule has 1 aromatic heterocycles. The molecule has 15 heavy (non-hydrogen) atoms. The Kier molecular flexibility index (Phi) is 2.32. The van der Waals surface area contributed by atoms with Crippen molar-refractivity contribution in [3.05, 3.63) is 34.2 Å². The van der Waals surface area contributed by atoms with Crippen molar-refractivity contribution in [1.82, 2.24) is 10.3 Å². The van der Waals surface area contributed by atoms with Gasteiger partial charge in [0.1, 0.15) is 0 Å². The number of aliphatic hydroxyl groups is 1. The zero-order valence-corrected chi connectivity index (χ0v) is 8.12. The normalized spacial score (nSPS) is 17.1.